The van der Waals surface area contributed by atoms with Gasteiger partial charge in [0.15, 0.2) is 0 Å². The molecule has 0 spiro atoms. The number of rotatable bonds is 2. The van der Waals surface area contributed by atoms with Gasteiger partial charge in [-0.2, -0.15) is 0 Å². The Kier molecular flexibility index (Phi) is 4.99. The molecule has 1 heterocycles. The maximum atomic E-state index is 4.18. The summed E-state index contributed by atoms with van der Waals surface area (Å²) in [7, 11) is 0. The predicted octanol–water partition coefficient (Wildman–Crippen LogP) is 5.67. The van der Waals surface area contributed by atoms with Crippen LogP contribution in [-0.4, -0.2) is 4.98 Å². The van der Waals surface area contributed by atoms with Gasteiger partial charge in [0, 0.05) is 23.0 Å². The lowest BCUT2D eigenvalue weighted by Crippen LogP contribution is -1.87. The van der Waals surface area contributed by atoms with Crippen molar-refractivity contribution in [1.82, 2.24) is 4.98 Å². The highest BCUT2D eigenvalue weighted by molar-refractivity contribution is 5.77. The molecule has 1 aromatic heterocycles. The second-order valence-electron chi connectivity index (χ2n) is 5.05. The highest BCUT2D eigenvalue weighted by atomic mass is 14.9. The Morgan fingerprint density at radius 1 is 0.522 bits per heavy atom. The van der Waals surface area contributed by atoms with Gasteiger partial charge >= 0.3 is 0 Å². The second-order valence-corrected chi connectivity index (χ2v) is 5.05. The number of nitrogens with one attached hydrogen (secondary N) is 1. The van der Waals surface area contributed by atoms with Gasteiger partial charge in [0.2, 0.25) is 0 Å². The Hall–Kier alpha value is -3.13. The van der Waals surface area contributed by atoms with E-state index in [1.807, 2.05) is 91.1 Å². The lowest BCUT2D eigenvalue weighted by molar-refractivity contribution is 1.41. The largest absolute Gasteiger partial charge is 0.356 e. The predicted molar refractivity (Wildman–Crippen MR) is 97.9 cm³/mol. The molecule has 0 atom stereocenters. The van der Waals surface area contributed by atoms with Crippen LogP contribution in [0.5, 0.6) is 0 Å². The zero-order chi connectivity index (χ0) is 15.7. The molecule has 0 bridgehead atoms. The minimum Gasteiger partial charge on any atom is -0.356 e. The summed E-state index contributed by atoms with van der Waals surface area (Å²) in [6.45, 7) is 0. The molecule has 1 N–H and O–H groups in total. The van der Waals surface area contributed by atoms with Crippen LogP contribution in [0, 0.1) is 0 Å². The maximum absolute atomic E-state index is 4.18. The third-order valence-corrected chi connectivity index (χ3v) is 3.35. The fourth-order valence-corrected chi connectivity index (χ4v) is 2.23. The lowest BCUT2D eigenvalue weighted by Gasteiger charge is -2.04. The van der Waals surface area contributed by atoms with Gasteiger partial charge in [0.25, 0.3) is 0 Å². The van der Waals surface area contributed by atoms with E-state index < -0.39 is 0 Å². The minimum atomic E-state index is 1.06. The number of fused-ring (bicyclic) bond motifs is 1. The lowest BCUT2D eigenvalue weighted by atomic mass is 10.2. The Labute approximate surface area is 136 Å². The van der Waals surface area contributed by atoms with E-state index >= 15 is 0 Å². The summed E-state index contributed by atoms with van der Waals surface area (Å²) in [5.41, 5.74) is 3.30. The van der Waals surface area contributed by atoms with Crippen molar-refractivity contribution in [2.45, 2.75) is 0 Å². The van der Waals surface area contributed by atoms with Crippen LogP contribution in [-0.2, 0) is 0 Å². The highest BCUT2D eigenvalue weighted by Gasteiger charge is 1.90. The molecule has 2 nitrogen and oxygen atoms in total. The van der Waals surface area contributed by atoms with Gasteiger partial charge in [-0.15, -0.1) is 0 Å². The Morgan fingerprint density at radius 3 is 1.65 bits per heavy atom. The van der Waals surface area contributed by atoms with Crippen molar-refractivity contribution in [3.63, 3.8) is 0 Å². The fourth-order valence-electron chi connectivity index (χ4n) is 2.23. The van der Waals surface area contributed by atoms with E-state index in [1.165, 1.54) is 5.39 Å². The van der Waals surface area contributed by atoms with Crippen molar-refractivity contribution >= 4 is 22.3 Å². The summed E-state index contributed by atoms with van der Waals surface area (Å²) >= 11 is 0. The van der Waals surface area contributed by atoms with Crippen LogP contribution >= 0.6 is 0 Å². The zero-order valence-electron chi connectivity index (χ0n) is 12.8. The molecule has 112 valence electrons. The third-order valence-electron chi connectivity index (χ3n) is 3.35. The van der Waals surface area contributed by atoms with Crippen molar-refractivity contribution in [3.05, 3.63) is 103 Å². The number of hydrogen-bond donors (Lipinski definition) is 1. The molecule has 0 aliphatic rings. The molecule has 0 aliphatic heterocycles. The summed E-state index contributed by atoms with van der Waals surface area (Å²) < 4.78 is 0. The second kappa shape index (κ2) is 7.76. The minimum absolute atomic E-state index is 1.06. The number of pyridine rings is 1. The van der Waals surface area contributed by atoms with E-state index in [2.05, 4.69) is 22.4 Å². The summed E-state index contributed by atoms with van der Waals surface area (Å²) in [6, 6.07) is 32.4. The molecule has 0 unspecified atom stereocenters. The molecule has 0 saturated carbocycles. The molecule has 4 rings (SSSR count). The summed E-state index contributed by atoms with van der Waals surface area (Å²) in [5.74, 6) is 0. The molecule has 0 fully saturated rings. The summed E-state index contributed by atoms with van der Waals surface area (Å²) in [6.07, 6.45) is 1.81. The summed E-state index contributed by atoms with van der Waals surface area (Å²) in [4.78, 5) is 4.18. The Balaban J connectivity index is 0.000000140. The fraction of sp³-hybridized carbons (Fsp3) is 0. The van der Waals surface area contributed by atoms with Crippen molar-refractivity contribution in [3.8, 4) is 0 Å². The highest BCUT2D eigenvalue weighted by Crippen LogP contribution is 2.14. The van der Waals surface area contributed by atoms with E-state index in [9.17, 15) is 0 Å². The van der Waals surface area contributed by atoms with Crippen LogP contribution in [0.15, 0.2) is 103 Å². The van der Waals surface area contributed by atoms with E-state index in [-0.39, 0.29) is 0 Å². The van der Waals surface area contributed by atoms with Crippen LogP contribution in [0.3, 0.4) is 0 Å². The molecule has 0 aliphatic carbocycles. The number of anilines is 2. The standard InChI is InChI=1S/C12H11N.C9H7N/c1-3-7-11(8-4-1)13-12-9-5-2-6-10-12;1-2-6-9-8(4-1)5-3-7-10-9/h1-10,13H;1-7H. The molecule has 2 heteroatoms. The van der Waals surface area contributed by atoms with Crippen molar-refractivity contribution in [2.75, 3.05) is 5.32 Å². The van der Waals surface area contributed by atoms with Crippen LogP contribution in [0.2, 0.25) is 0 Å². The molecular weight excluding hydrogens is 280 g/mol. The van der Waals surface area contributed by atoms with Gasteiger partial charge in [0.05, 0.1) is 5.52 Å². The monoisotopic (exact) mass is 298 g/mol. The number of hydrogen-bond acceptors (Lipinski definition) is 2. The van der Waals surface area contributed by atoms with Crippen LogP contribution < -0.4 is 5.32 Å². The van der Waals surface area contributed by atoms with E-state index in [1.54, 1.807) is 0 Å². The molecule has 0 amide bonds. The van der Waals surface area contributed by atoms with E-state index in [0.717, 1.165) is 16.9 Å². The normalized spacial score (nSPS) is 9.74. The first-order chi connectivity index (χ1) is 11.4. The van der Waals surface area contributed by atoms with Crippen LogP contribution in [0.1, 0.15) is 0 Å². The average Bonchev–Trinajstić information content (AvgIpc) is 2.64. The first kappa shape index (κ1) is 14.8. The zero-order valence-corrected chi connectivity index (χ0v) is 12.8. The molecule has 4 aromatic rings. The first-order valence-corrected chi connectivity index (χ1v) is 7.59. The number of para-hydroxylation sites is 3. The first-order valence-electron chi connectivity index (χ1n) is 7.59. The van der Waals surface area contributed by atoms with E-state index in [4.69, 9.17) is 0 Å². The van der Waals surface area contributed by atoms with E-state index in [0.29, 0.717) is 0 Å². The molecular formula is C21H18N2. The quantitative estimate of drug-likeness (QED) is 0.516. The Morgan fingerprint density at radius 2 is 1.04 bits per heavy atom. The maximum Gasteiger partial charge on any atom is 0.0701 e. The van der Waals surface area contributed by atoms with Gasteiger partial charge < -0.3 is 5.32 Å². The van der Waals surface area contributed by atoms with Gasteiger partial charge in [-0.25, -0.2) is 0 Å². The van der Waals surface area contributed by atoms with Gasteiger partial charge in [0.1, 0.15) is 0 Å². The van der Waals surface area contributed by atoms with Gasteiger partial charge in [-0.1, -0.05) is 60.7 Å². The smallest absolute Gasteiger partial charge is 0.0701 e. The summed E-state index contributed by atoms with van der Waals surface area (Å²) in [5, 5.41) is 4.50. The Bertz CT molecular complexity index is 740. The van der Waals surface area contributed by atoms with Crippen molar-refractivity contribution in [1.29, 1.82) is 0 Å². The van der Waals surface area contributed by atoms with Crippen LogP contribution in [0.4, 0.5) is 11.4 Å². The van der Waals surface area contributed by atoms with Gasteiger partial charge in [-0.3, -0.25) is 4.98 Å². The number of aromatic nitrogens is 1. The van der Waals surface area contributed by atoms with Crippen molar-refractivity contribution < 1.29 is 0 Å². The molecule has 23 heavy (non-hydrogen) atoms. The topological polar surface area (TPSA) is 24.9 Å². The average molecular weight is 298 g/mol. The third kappa shape index (κ3) is 4.42. The van der Waals surface area contributed by atoms with Crippen LogP contribution in [0.25, 0.3) is 10.9 Å². The van der Waals surface area contributed by atoms with Crippen molar-refractivity contribution in [2.24, 2.45) is 0 Å². The number of benzene rings is 3. The molecule has 3 aromatic carbocycles. The number of nitrogens with zero attached hydrogens (tertiary/aromatic N) is 1. The SMILES string of the molecule is c1ccc(Nc2ccccc2)cc1.c1ccc2ncccc2c1. The van der Waals surface area contributed by atoms with Gasteiger partial charge in [-0.05, 0) is 36.4 Å². The molecule has 0 saturated heterocycles. The molecule has 0 radical (unpaired) electrons.